The highest BCUT2D eigenvalue weighted by Gasteiger charge is 2.39. The van der Waals surface area contributed by atoms with Crippen LogP contribution in [0.4, 0.5) is 5.69 Å². The van der Waals surface area contributed by atoms with Gasteiger partial charge in [-0.3, -0.25) is 0 Å². The van der Waals surface area contributed by atoms with Crippen LogP contribution in [0.3, 0.4) is 0 Å². The van der Waals surface area contributed by atoms with Gasteiger partial charge in [0.05, 0.1) is 0 Å². The molecule has 2 N–H and O–H groups in total. The molecular weight excluding hydrogens is 540 g/mol. The number of rotatable bonds is 6. The van der Waals surface area contributed by atoms with Gasteiger partial charge in [-0.2, -0.15) is 0 Å². The van der Waals surface area contributed by atoms with Crippen LogP contribution in [0.1, 0.15) is 58.4 Å². The Bertz CT molecular complexity index is 1140. The second kappa shape index (κ2) is 11.2. The first kappa shape index (κ1) is 27.0. The molecule has 1 aliphatic carbocycles. The Kier molecular flexibility index (Phi) is 8.38. The number of piperidine rings is 1. The maximum absolute atomic E-state index is 11.5. The lowest BCUT2D eigenvalue weighted by Gasteiger charge is -2.38. The summed E-state index contributed by atoms with van der Waals surface area (Å²) in [6, 6.07) is 6.51. The minimum absolute atomic E-state index is 0.139. The Morgan fingerprint density at radius 3 is 2.58 bits per heavy atom. The first-order valence-electron chi connectivity index (χ1n) is 12.9. The fourth-order valence-corrected chi connectivity index (χ4v) is 6.34. The van der Waals surface area contributed by atoms with Crippen LogP contribution in [0.2, 0.25) is 0 Å². The Hall–Kier alpha value is -2.02. The van der Waals surface area contributed by atoms with E-state index in [0.717, 1.165) is 67.5 Å². The van der Waals surface area contributed by atoms with Gasteiger partial charge in [-0.05, 0) is 92.0 Å². The SMILES string of the molecule is CCN1/C(=C/C=C2\CCCC(/C=C(\Cl)C(=O)O)=C2N2CCC(CO)CC2)C(C)(C)c2cc(Br)ccc21. The van der Waals surface area contributed by atoms with Gasteiger partial charge in [0.25, 0.3) is 0 Å². The number of halogens is 2. The number of aliphatic hydroxyl groups is 1. The minimum Gasteiger partial charge on any atom is -0.477 e. The highest BCUT2D eigenvalue weighted by Crippen LogP contribution is 2.48. The number of aliphatic hydroxyl groups excluding tert-OH is 1. The molecule has 3 aliphatic rings. The van der Waals surface area contributed by atoms with E-state index in [2.05, 4.69) is 76.9 Å². The fourth-order valence-electron chi connectivity index (χ4n) is 5.84. The number of benzene rings is 1. The molecule has 1 aromatic carbocycles. The number of likely N-dealkylation sites (tertiary alicyclic amines) is 1. The van der Waals surface area contributed by atoms with Crippen molar-refractivity contribution in [3.05, 3.63) is 74.0 Å². The van der Waals surface area contributed by atoms with Gasteiger partial charge in [0.15, 0.2) is 0 Å². The van der Waals surface area contributed by atoms with Crippen molar-refractivity contribution in [2.45, 2.75) is 58.3 Å². The van der Waals surface area contributed by atoms with Crippen LogP contribution in [0.5, 0.6) is 0 Å². The molecule has 0 bridgehead atoms. The number of fused-ring (bicyclic) bond motifs is 1. The van der Waals surface area contributed by atoms with Crippen molar-refractivity contribution < 1.29 is 15.0 Å². The quantitative estimate of drug-likeness (QED) is 0.369. The van der Waals surface area contributed by atoms with E-state index in [1.165, 1.54) is 22.5 Å². The Morgan fingerprint density at radius 1 is 1.22 bits per heavy atom. The van der Waals surface area contributed by atoms with Gasteiger partial charge in [0.1, 0.15) is 5.03 Å². The lowest BCUT2D eigenvalue weighted by Crippen LogP contribution is -2.36. The van der Waals surface area contributed by atoms with Crippen molar-refractivity contribution in [2.75, 3.05) is 31.1 Å². The molecule has 0 amide bonds. The molecule has 194 valence electrons. The van der Waals surface area contributed by atoms with Crippen LogP contribution in [0.15, 0.2) is 68.5 Å². The van der Waals surface area contributed by atoms with Gasteiger partial charge in [-0.1, -0.05) is 47.5 Å². The normalized spacial score (nSPS) is 23.1. The van der Waals surface area contributed by atoms with E-state index in [1.807, 2.05) is 0 Å². The van der Waals surface area contributed by atoms with E-state index in [0.29, 0.717) is 5.92 Å². The van der Waals surface area contributed by atoms with E-state index >= 15 is 0 Å². The van der Waals surface area contributed by atoms with E-state index in [-0.39, 0.29) is 17.1 Å². The second-order valence-corrected chi connectivity index (χ2v) is 11.7. The molecule has 4 rings (SSSR count). The molecule has 0 atom stereocenters. The molecule has 5 nitrogen and oxygen atoms in total. The van der Waals surface area contributed by atoms with Gasteiger partial charge < -0.3 is 20.0 Å². The molecular formula is C29H36BrClN2O3. The Labute approximate surface area is 227 Å². The van der Waals surface area contributed by atoms with Gasteiger partial charge in [0, 0.05) is 53.2 Å². The summed E-state index contributed by atoms with van der Waals surface area (Å²) < 4.78 is 1.08. The molecule has 0 unspecified atom stereocenters. The third-order valence-electron chi connectivity index (χ3n) is 7.81. The monoisotopic (exact) mass is 574 g/mol. The zero-order valence-corrected chi connectivity index (χ0v) is 23.7. The van der Waals surface area contributed by atoms with Crippen LogP contribution < -0.4 is 4.90 Å². The molecule has 0 saturated carbocycles. The molecule has 2 heterocycles. The van der Waals surface area contributed by atoms with E-state index in [1.54, 1.807) is 6.08 Å². The number of anilines is 1. The molecule has 7 heteroatoms. The lowest BCUT2D eigenvalue weighted by molar-refractivity contribution is -0.131. The van der Waals surface area contributed by atoms with Crippen molar-refractivity contribution in [3.63, 3.8) is 0 Å². The summed E-state index contributed by atoms with van der Waals surface area (Å²) in [5.41, 5.74) is 7.01. The molecule has 1 saturated heterocycles. The summed E-state index contributed by atoms with van der Waals surface area (Å²) in [6.07, 6.45) is 10.7. The summed E-state index contributed by atoms with van der Waals surface area (Å²) in [5.74, 6) is -0.771. The number of allylic oxidation sites excluding steroid dienone is 6. The number of aliphatic carboxylic acids is 1. The third kappa shape index (κ3) is 5.32. The maximum atomic E-state index is 11.5. The number of carbonyl (C=O) groups is 1. The molecule has 0 aromatic heterocycles. The van der Waals surface area contributed by atoms with Crippen molar-refractivity contribution >= 4 is 39.2 Å². The van der Waals surface area contributed by atoms with Crippen LogP contribution in [-0.4, -0.2) is 47.3 Å². The zero-order valence-electron chi connectivity index (χ0n) is 21.4. The van der Waals surface area contributed by atoms with Crippen LogP contribution in [-0.2, 0) is 10.2 Å². The van der Waals surface area contributed by atoms with Crippen molar-refractivity contribution in [2.24, 2.45) is 5.92 Å². The number of carboxylic acids is 1. The van der Waals surface area contributed by atoms with Gasteiger partial charge in [-0.15, -0.1) is 0 Å². The molecule has 0 spiro atoms. The predicted octanol–water partition coefficient (Wildman–Crippen LogP) is 6.73. The minimum atomic E-state index is -1.10. The lowest BCUT2D eigenvalue weighted by atomic mass is 9.83. The Morgan fingerprint density at radius 2 is 1.94 bits per heavy atom. The number of nitrogens with zero attached hydrogens (tertiary/aromatic N) is 2. The first-order chi connectivity index (χ1) is 17.2. The summed E-state index contributed by atoms with van der Waals surface area (Å²) in [7, 11) is 0. The summed E-state index contributed by atoms with van der Waals surface area (Å²) in [4.78, 5) is 16.3. The highest BCUT2D eigenvalue weighted by atomic mass is 79.9. The van der Waals surface area contributed by atoms with Crippen LogP contribution in [0, 0.1) is 5.92 Å². The van der Waals surface area contributed by atoms with Crippen LogP contribution in [0.25, 0.3) is 0 Å². The molecule has 1 fully saturated rings. The molecule has 2 aliphatic heterocycles. The maximum Gasteiger partial charge on any atom is 0.347 e. The number of hydrogen-bond donors (Lipinski definition) is 2. The van der Waals surface area contributed by atoms with Gasteiger partial charge in [0.2, 0.25) is 0 Å². The van der Waals surface area contributed by atoms with Gasteiger partial charge in [-0.25, -0.2) is 4.79 Å². The fraction of sp³-hybridized carbons (Fsp3) is 0.483. The molecule has 36 heavy (non-hydrogen) atoms. The molecule has 1 aromatic rings. The van der Waals surface area contributed by atoms with Crippen LogP contribution >= 0.6 is 27.5 Å². The van der Waals surface area contributed by atoms with E-state index in [9.17, 15) is 15.0 Å². The Balaban J connectivity index is 1.78. The predicted molar refractivity (Wildman–Crippen MR) is 150 cm³/mol. The summed E-state index contributed by atoms with van der Waals surface area (Å²) in [6.45, 7) is 9.53. The van der Waals surface area contributed by atoms with Gasteiger partial charge >= 0.3 is 5.97 Å². The zero-order chi connectivity index (χ0) is 26.0. The number of carboxylic acid groups (broad SMARTS) is 1. The average molecular weight is 576 g/mol. The third-order valence-corrected chi connectivity index (χ3v) is 8.57. The topological polar surface area (TPSA) is 64.0 Å². The first-order valence-corrected chi connectivity index (χ1v) is 14.0. The van der Waals surface area contributed by atoms with Crippen molar-refractivity contribution in [1.82, 2.24) is 4.90 Å². The average Bonchev–Trinajstić information content (AvgIpc) is 3.07. The van der Waals surface area contributed by atoms with E-state index in [4.69, 9.17) is 11.6 Å². The summed E-state index contributed by atoms with van der Waals surface area (Å²) >= 11 is 9.74. The smallest absolute Gasteiger partial charge is 0.347 e. The van der Waals surface area contributed by atoms with E-state index < -0.39 is 5.97 Å². The van der Waals surface area contributed by atoms with Crippen molar-refractivity contribution in [1.29, 1.82) is 0 Å². The highest BCUT2D eigenvalue weighted by molar-refractivity contribution is 9.10. The second-order valence-electron chi connectivity index (χ2n) is 10.4. The van der Waals surface area contributed by atoms with Crippen molar-refractivity contribution in [3.8, 4) is 0 Å². The number of likely N-dealkylation sites (N-methyl/N-ethyl adjacent to an activating group) is 1. The standard InChI is InChI=1S/C29H36BrClN2O3/c1-4-33-25-10-9-22(30)17-23(25)29(2,3)26(33)11-8-20-6-5-7-21(16-24(31)28(35)36)27(20)32-14-12-19(18-34)13-15-32/h8-11,16-17,19,34H,4-7,12-15,18H2,1-3H3,(H,35,36)/b20-8+,24-16-,26-11+. The number of hydrogen-bond acceptors (Lipinski definition) is 4. The summed E-state index contributed by atoms with van der Waals surface area (Å²) in [5, 5.41) is 18.9. The molecule has 0 radical (unpaired) electrons. The largest absolute Gasteiger partial charge is 0.477 e.